The van der Waals surface area contributed by atoms with Crippen LogP contribution < -0.4 is 10.6 Å². The predicted octanol–water partition coefficient (Wildman–Crippen LogP) is 1.54. The van der Waals surface area contributed by atoms with Crippen LogP contribution in [-0.4, -0.2) is 33.9 Å². The van der Waals surface area contributed by atoms with E-state index in [0.29, 0.717) is 24.3 Å². The van der Waals surface area contributed by atoms with Gasteiger partial charge in [-0.25, -0.2) is 9.97 Å². The number of carbonyl (C=O) groups is 1. The molecule has 8 nitrogen and oxygen atoms in total. The van der Waals surface area contributed by atoms with Crippen molar-refractivity contribution in [2.75, 3.05) is 18.4 Å². The first-order chi connectivity index (χ1) is 10.6. The number of hydrogen-bond acceptors (Lipinski definition) is 6. The molecule has 0 radical (unpaired) electrons. The number of nitrogens with zero attached hydrogens (tertiary/aromatic N) is 3. The van der Waals surface area contributed by atoms with Crippen molar-refractivity contribution >= 4 is 17.3 Å². The zero-order valence-corrected chi connectivity index (χ0v) is 11.9. The molecule has 0 saturated heterocycles. The van der Waals surface area contributed by atoms with E-state index in [1.807, 2.05) is 0 Å². The molecule has 0 aliphatic heterocycles. The monoisotopic (exact) mass is 301 g/mol. The lowest BCUT2D eigenvalue weighted by Gasteiger charge is -2.08. The van der Waals surface area contributed by atoms with Crippen LogP contribution in [0.15, 0.2) is 36.8 Å². The van der Waals surface area contributed by atoms with E-state index in [2.05, 4.69) is 20.6 Å². The molecule has 0 spiro atoms. The van der Waals surface area contributed by atoms with Crippen LogP contribution >= 0.6 is 0 Å². The van der Waals surface area contributed by atoms with Crippen molar-refractivity contribution in [1.29, 1.82) is 0 Å². The molecular weight excluding hydrogens is 286 g/mol. The Kier molecular flexibility index (Phi) is 4.97. The van der Waals surface area contributed by atoms with Crippen LogP contribution in [-0.2, 0) is 0 Å². The molecular formula is C14H15N5O3. The van der Waals surface area contributed by atoms with Gasteiger partial charge in [0, 0.05) is 37.1 Å². The zero-order chi connectivity index (χ0) is 15.9. The standard InChI is InChI=1S/C14H15N5O3/c1-10-13(8-15-9-18-10)14(20)17-7-6-16-11-2-4-12(5-3-11)19(21)22/h2-5,8-9,16H,6-7H2,1H3,(H,17,20). The van der Waals surface area contributed by atoms with Crippen LogP contribution in [0.25, 0.3) is 0 Å². The van der Waals surface area contributed by atoms with Crippen LogP contribution in [0.3, 0.4) is 0 Å². The smallest absolute Gasteiger partial charge is 0.269 e. The Morgan fingerprint density at radius 1 is 1.27 bits per heavy atom. The van der Waals surface area contributed by atoms with Gasteiger partial charge >= 0.3 is 0 Å². The molecule has 0 unspecified atom stereocenters. The second kappa shape index (κ2) is 7.11. The Morgan fingerprint density at radius 2 is 2.00 bits per heavy atom. The molecule has 2 rings (SSSR count). The summed E-state index contributed by atoms with van der Waals surface area (Å²) in [6.07, 6.45) is 2.86. The van der Waals surface area contributed by atoms with E-state index in [4.69, 9.17) is 0 Å². The average molecular weight is 301 g/mol. The summed E-state index contributed by atoms with van der Waals surface area (Å²) < 4.78 is 0. The molecule has 0 saturated carbocycles. The second-order valence-corrected chi connectivity index (χ2v) is 4.51. The third kappa shape index (κ3) is 3.98. The first kappa shape index (κ1) is 15.4. The number of amides is 1. The van der Waals surface area contributed by atoms with Gasteiger partial charge in [0.05, 0.1) is 16.2 Å². The first-order valence-electron chi connectivity index (χ1n) is 6.61. The highest BCUT2D eigenvalue weighted by Crippen LogP contribution is 2.14. The van der Waals surface area contributed by atoms with Gasteiger partial charge in [-0.15, -0.1) is 0 Å². The quantitative estimate of drug-likeness (QED) is 0.475. The van der Waals surface area contributed by atoms with Gasteiger partial charge in [0.15, 0.2) is 0 Å². The molecule has 1 heterocycles. The van der Waals surface area contributed by atoms with Gasteiger partial charge in [0.1, 0.15) is 6.33 Å². The molecule has 114 valence electrons. The van der Waals surface area contributed by atoms with Crippen LogP contribution in [0.2, 0.25) is 0 Å². The minimum atomic E-state index is -0.450. The summed E-state index contributed by atoms with van der Waals surface area (Å²) in [5.41, 5.74) is 1.85. The number of rotatable bonds is 6. The fourth-order valence-electron chi connectivity index (χ4n) is 1.79. The molecule has 1 aromatic heterocycles. The number of nitro groups is 1. The number of carbonyl (C=O) groups excluding carboxylic acids is 1. The lowest BCUT2D eigenvalue weighted by molar-refractivity contribution is -0.384. The number of benzene rings is 1. The van der Waals surface area contributed by atoms with Crippen molar-refractivity contribution in [1.82, 2.24) is 15.3 Å². The highest BCUT2D eigenvalue weighted by Gasteiger charge is 2.09. The van der Waals surface area contributed by atoms with E-state index in [1.165, 1.54) is 24.7 Å². The average Bonchev–Trinajstić information content (AvgIpc) is 2.52. The molecule has 0 aliphatic rings. The minimum absolute atomic E-state index is 0.0402. The summed E-state index contributed by atoms with van der Waals surface area (Å²) in [6.45, 7) is 2.65. The van der Waals surface area contributed by atoms with Crippen LogP contribution in [0, 0.1) is 17.0 Å². The van der Waals surface area contributed by atoms with E-state index in [9.17, 15) is 14.9 Å². The molecule has 8 heteroatoms. The molecule has 0 aliphatic carbocycles. The summed E-state index contributed by atoms with van der Waals surface area (Å²) in [6, 6.07) is 6.08. The van der Waals surface area contributed by atoms with E-state index in [1.54, 1.807) is 19.1 Å². The van der Waals surface area contributed by atoms with Crippen molar-refractivity contribution < 1.29 is 9.72 Å². The topological polar surface area (TPSA) is 110 Å². The summed E-state index contributed by atoms with van der Waals surface area (Å²) in [4.78, 5) is 29.8. The largest absolute Gasteiger partial charge is 0.383 e. The third-order valence-electron chi connectivity index (χ3n) is 2.97. The fraction of sp³-hybridized carbons (Fsp3) is 0.214. The molecule has 2 N–H and O–H groups in total. The third-order valence-corrected chi connectivity index (χ3v) is 2.97. The number of nitrogens with one attached hydrogen (secondary N) is 2. The normalized spacial score (nSPS) is 10.0. The summed E-state index contributed by atoms with van der Waals surface area (Å²) in [7, 11) is 0. The highest BCUT2D eigenvalue weighted by atomic mass is 16.6. The summed E-state index contributed by atoms with van der Waals surface area (Å²) in [5.74, 6) is -0.233. The van der Waals surface area contributed by atoms with Crippen LogP contribution in [0.1, 0.15) is 16.1 Å². The van der Waals surface area contributed by atoms with E-state index < -0.39 is 4.92 Å². The Bertz CT molecular complexity index is 672. The SMILES string of the molecule is Cc1ncncc1C(=O)NCCNc1ccc([N+](=O)[O-])cc1. The maximum Gasteiger partial charge on any atom is 0.269 e. The van der Waals surface area contributed by atoms with Gasteiger partial charge < -0.3 is 10.6 Å². The van der Waals surface area contributed by atoms with E-state index in [-0.39, 0.29) is 11.6 Å². The van der Waals surface area contributed by atoms with Gasteiger partial charge in [-0.1, -0.05) is 0 Å². The zero-order valence-electron chi connectivity index (χ0n) is 11.9. The fourth-order valence-corrected chi connectivity index (χ4v) is 1.79. The number of aryl methyl sites for hydroxylation is 1. The Balaban J connectivity index is 1.78. The lowest BCUT2D eigenvalue weighted by Crippen LogP contribution is -2.29. The van der Waals surface area contributed by atoms with Crippen molar-refractivity contribution in [3.05, 3.63) is 58.2 Å². The molecule has 2 aromatic rings. The van der Waals surface area contributed by atoms with E-state index in [0.717, 1.165) is 5.69 Å². The van der Waals surface area contributed by atoms with Crippen molar-refractivity contribution in [3.63, 3.8) is 0 Å². The predicted molar refractivity (Wildman–Crippen MR) is 80.7 cm³/mol. The van der Waals surface area contributed by atoms with Gasteiger partial charge in [-0.3, -0.25) is 14.9 Å². The highest BCUT2D eigenvalue weighted by molar-refractivity contribution is 5.94. The second-order valence-electron chi connectivity index (χ2n) is 4.51. The number of non-ortho nitro benzene ring substituents is 1. The number of anilines is 1. The van der Waals surface area contributed by atoms with Crippen molar-refractivity contribution in [3.8, 4) is 0 Å². The Labute approximate surface area is 126 Å². The molecule has 0 atom stereocenters. The van der Waals surface area contributed by atoms with Crippen molar-refractivity contribution in [2.24, 2.45) is 0 Å². The molecule has 22 heavy (non-hydrogen) atoms. The molecule has 1 aromatic carbocycles. The maximum absolute atomic E-state index is 11.9. The first-order valence-corrected chi connectivity index (χ1v) is 6.61. The van der Waals surface area contributed by atoms with E-state index >= 15 is 0 Å². The number of nitro benzene ring substituents is 1. The van der Waals surface area contributed by atoms with Crippen LogP contribution in [0.5, 0.6) is 0 Å². The minimum Gasteiger partial charge on any atom is -0.383 e. The maximum atomic E-state index is 11.9. The van der Waals surface area contributed by atoms with Gasteiger partial charge in [0.25, 0.3) is 11.6 Å². The number of hydrogen-bond donors (Lipinski definition) is 2. The van der Waals surface area contributed by atoms with Crippen LogP contribution in [0.4, 0.5) is 11.4 Å². The van der Waals surface area contributed by atoms with Gasteiger partial charge in [0.2, 0.25) is 0 Å². The van der Waals surface area contributed by atoms with Gasteiger partial charge in [-0.2, -0.15) is 0 Å². The Morgan fingerprint density at radius 3 is 2.64 bits per heavy atom. The molecule has 0 bridgehead atoms. The molecule has 1 amide bonds. The lowest BCUT2D eigenvalue weighted by atomic mass is 10.2. The van der Waals surface area contributed by atoms with Crippen molar-refractivity contribution in [2.45, 2.75) is 6.92 Å². The summed E-state index contributed by atoms with van der Waals surface area (Å²) in [5, 5.41) is 16.4. The summed E-state index contributed by atoms with van der Waals surface area (Å²) >= 11 is 0. The Hall–Kier alpha value is -3.03. The molecule has 0 fully saturated rings. The van der Waals surface area contributed by atoms with Gasteiger partial charge in [-0.05, 0) is 19.1 Å². The number of aromatic nitrogens is 2.